The van der Waals surface area contributed by atoms with Gasteiger partial charge in [0.05, 0.1) is 17.0 Å². The van der Waals surface area contributed by atoms with E-state index in [-0.39, 0.29) is 11.1 Å². The summed E-state index contributed by atoms with van der Waals surface area (Å²) in [6.07, 6.45) is 1.66. The van der Waals surface area contributed by atoms with Crippen LogP contribution in [-0.4, -0.2) is 21.1 Å². The fourth-order valence-electron chi connectivity index (χ4n) is 2.06. The summed E-state index contributed by atoms with van der Waals surface area (Å²) < 4.78 is 0. The molecule has 1 N–H and O–H groups in total. The summed E-state index contributed by atoms with van der Waals surface area (Å²) in [6.45, 7) is 0. The Kier molecular flexibility index (Phi) is 3.92. The number of para-hydroxylation sites is 2. The molecule has 0 atom stereocenters. The van der Waals surface area contributed by atoms with E-state index in [0.717, 1.165) is 5.69 Å². The number of halogens is 1. The molecule has 104 valence electrons. The molecule has 0 spiro atoms. The Morgan fingerprint density at radius 3 is 2.67 bits per heavy atom. The number of carbonyl (C=O) groups excluding carboxylic acids is 1. The molecule has 0 saturated carbocycles. The minimum Gasteiger partial charge on any atom is -0.339 e. The van der Waals surface area contributed by atoms with Gasteiger partial charge in [-0.25, -0.2) is 4.98 Å². The van der Waals surface area contributed by atoms with E-state index in [1.54, 1.807) is 12.3 Å². The van der Waals surface area contributed by atoms with Gasteiger partial charge in [-0.2, -0.15) is 0 Å². The lowest BCUT2D eigenvalue weighted by Gasteiger charge is -2.08. The number of benzene rings is 2. The van der Waals surface area contributed by atoms with Crippen molar-refractivity contribution in [1.29, 1.82) is 0 Å². The zero-order valence-electron chi connectivity index (χ0n) is 11.1. The topological polar surface area (TPSA) is 54.9 Å². The highest BCUT2D eigenvalue weighted by Gasteiger charge is 2.11. The molecule has 0 aliphatic heterocycles. The Balaban J connectivity index is 2.04. The quantitative estimate of drug-likeness (QED) is 0.576. The number of fused-ring (bicyclic) bond motifs is 1. The van der Waals surface area contributed by atoms with Crippen molar-refractivity contribution in [2.75, 3.05) is 10.6 Å². The fourth-order valence-corrected chi connectivity index (χ4v) is 2.36. The van der Waals surface area contributed by atoms with Crippen LogP contribution < -0.4 is 5.32 Å². The highest BCUT2D eigenvalue weighted by Crippen LogP contribution is 2.20. The number of alkyl halides is 1. The smallest absolute Gasteiger partial charge is 0.175 e. The van der Waals surface area contributed by atoms with Crippen molar-refractivity contribution in [3.05, 3.63) is 60.3 Å². The van der Waals surface area contributed by atoms with E-state index in [1.807, 2.05) is 42.5 Å². The van der Waals surface area contributed by atoms with E-state index in [0.29, 0.717) is 22.4 Å². The molecule has 0 unspecified atom stereocenters. The van der Waals surface area contributed by atoms with Crippen molar-refractivity contribution < 1.29 is 4.79 Å². The van der Waals surface area contributed by atoms with Crippen molar-refractivity contribution in [2.24, 2.45) is 0 Å². The summed E-state index contributed by atoms with van der Waals surface area (Å²) in [5.74, 6) is 0.607. The molecule has 0 aliphatic rings. The van der Waals surface area contributed by atoms with E-state index in [1.165, 1.54) is 0 Å². The van der Waals surface area contributed by atoms with Crippen LogP contribution in [0.2, 0.25) is 0 Å². The molecule has 21 heavy (non-hydrogen) atoms. The van der Waals surface area contributed by atoms with Gasteiger partial charge in [-0.15, -0.1) is 0 Å². The number of ketones is 1. The lowest BCUT2D eigenvalue weighted by atomic mass is 10.1. The van der Waals surface area contributed by atoms with Gasteiger partial charge in [0.2, 0.25) is 0 Å². The van der Waals surface area contributed by atoms with Gasteiger partial charge in [0.15, 0.2) is 5.78 Å². The molecule has 2 aromatic carbocycles. The van der Waals surface area contributed by atoms with Gasteiger partial charge in [-0.3, -0.25) is 9.78 Å². The molecular weight excluding hydrogens is 330 g/mol. The lowest BCUT2D eigenvalue weighted by Crippen LogP contribution is -2.04. The first-order valence-corrected chi connectivity index (χ1v) is 7.57. The van der Waals surface area contributed by atoms with E-state index in [4.69, 9.17) is 0 Å². The summed E-state index contributed by atoms with van der Waals surface area (Å²) in [6, 6.07) is 15.2. The van der Waals surface area contributed by atoms with Gasteiger partial charge < -0.3 is 5.32 Å². The fraction of sp³-hybridized carbons (Fsp3) is 0.0625. The average Bonchev–Trinajstić information content (AvgIpc) is 2.54. The zero-order valence-corrected chi connectivity index (χ0v) is 12.7. The maximum Gasteiger partial charge on any atom is 0.175 e. The first-order valence-electron chi connectivity index (χ1n) is 6.45. The van der Waals surface area contributed by atoms with Crippen LogP contribution in [0.4, 0.5) is 11.5 Å². The molecule has 0 saturated heterocycles. The molecule has 0 bridgehead atoms. The van der Waals surface area contributed by atoms with Crippen LogP contribution in [0, 0.1) is 0 Å². The molecular formula is C16H12BrN3O. The molecule has 1 aromatic heterocycles. The molecule has 3 aromatic rings. The van der Waals surface area contributed by atoms with Crippen LogP contribution in [0.3, 0.4) is 0 Å². The number of rotatable bonds is 4. The van der Waals surface area contributed by atoms with Crippen LogP contribution in [0.1, 0.15) is 10.4 Å². The number of nitrogens with zero attached hydrogens (tertiary/aromatic N) is 2. The summed E-state index contributed by atoms with van der Waals surface area (Å²) in [4.78, 5) is 20.8. The van der Waals surface area contributed by atoms with Crippen molar-refractivity contribution in [2.45, 2.75) is 0 Å². The highest BCUT2D eigenvalue weighted by molar-refractivity contribution is 9.09. The molecule has 0 fully saturated rings. The normalized spacial score (nSPS) is 10.5. The standard InChI is InChI=1S/C16H12BrN3O/c17-9-14(21)12-7-4-8-13-16(12)20-15(10-18-13)19-11-5-2-1-3-6-11/h1-8,10H,9H2,(H,19,20). The highest BCUT2D eigenvalue weighted by atomic mass is 79.9. The van der Waals surface area contributed by atoms with Gasteiger partial charge in [-0.05, 0) is 24.3 Å². The predicted octanol–water partition coefficient (Wildman–Crippen LogP) is 3.95. The van der Waals surface area contributed by atoms with E-state index in [9.17, 15) is 4.79 Å². The summed E-state index contributed by atoms with van der Waals surface area (Å²) in [5, 5.41) is 3.45. The number of aromatic nitrogens is 2. The number of nitrogens with one attached hydrogen (secondary N) is 1. The summed E-state index contributed by atoms with van der Waals surface area (Å²) in [5.41, 5.74) is 2.83. The molecule has 1 heterocycles. The molecule has 0 radical (unpaired) electrons. The van der Waals surface area contributed by atoms with Crippen LogP contribution in [0.25, 0.3) is 11.0 Å². The SMILES string of the molecule is O=C(CBr)c1cccc2ncc(Nc3ccccc3)nc12. The third-order valence-electron chi connectivity index (χ3n) is 3.04. The second-order valence-electron chi connectivity index (χ2n) is 4.48. The van der Waals surface area contributed by atoms with Crippen molar-refractivity contribution in [1.82, 2.24) is 9.97 Å². The Bertz CT molecular complexity index is 790. The number of anilines is 2. The van der Waals surface area contributed by atoms with E-state index >= 15 is 0 Å². The van der Waals surface area contributed by atoms with Crippen LogP contribution in [0.5, 0.6) is 0 Å². The molecule has 3 rings (SSSR count). The third-order valence-corrected chi connectivity index (χ3v) is 3.55. The van der Waals surface area contributed by atoms with Gasteiger partial charge in [0, 0.05) is 11.3 Å². The van der Waals surface area contributed by atoms with Crippen LogP contribution >= 0.6 is 15.9 Å². The van der Waals surface area contributed by atoms with Crippen molar-refractivity contribution >= 4 is 44.3 Å². The molecule has 0 aliphatic carbocycles. The van der Waals surface area contributed by atoms with E-state index in [2.05, 4.69) is 31.2 Å². The third kappa shape index (κ3) is 2.92. The largest absolute Gasteiger partial charge is 0.339 e. The number of carbonyl (C=O) groups is 1. The van der Waals surface area contributed by atoms with Crippen molar-refractivity contribution in [3.63, 3.8) is 0 Å². The lowest BCUT2D eigenvalue weighted by molar-refractivity contribution is 0.102. The number of hydrogen-bond acceptors (Lipinski definition) is 4. The van der Waals surface area contributed by atoms with E-state index < -0.39 is 0 Å². The minimum atomic E-state index is -0.00763. The maximum atomic E-state index is 12.0. The molecule has 0 amide bonds. The Labute approximate surface area is 130 Å². The second-order valence-corrected chi connectivity index (χ2v) is 5.04. The van der Waals surface area contributed by atoms with Gasteiger partial charge in [0.1, 0.15) is 11.3 Å². The van der Waals surface area contributed by atoms with Crippen molar-refractivity contribution in [3.8, 4) is 0 Å². The predicted molar refractivity (Wildman–Crippen MR) is 87.4 cm³/mol. The minimum absolute atomic E-state index is 0.00763. The van der Waals surface area contributed by atoms with Crippen LogP contribution in [0.15, 0.2) is 54.7 Å². The van der Waals surface area contributed by atoms with Crippen LogP contribution in [-0.2, 0) is 0 Å². The first kappa shape index (κ1) is 13.7. The Hall–Kier alpha value is -2.27. The number of hydrogen-bond donors (Lipinski definition) is 1. The number of Topliss-reactive ketones (excluding diaryl/α,β-unsaturated/α-hetero) is 1. The maximum absolute atomic E-state index is 12.0. The zero-order chi connectivity index (χ0) is 14.7. The van der Waals surface area contributed by atoms with Gasteiger partial charge in [-0.1, -0.05) is 40.2 Å². The average molecular weight is 342 g/mol. The second kappa shape index (κ2) is 6.01. The summed E-state index contributed by atoms with van der Waals surface area (Å²) in [7, 11) is 0. The Morgan fingerprint density at radius 2 is 1.90 bits per heavy atom. The molecule has 4 nitrogen and oxygen atoms in total. The first-order chi connectivity index (χ1) is 10.3. The monoisotopic (exact) mass is 341 g/mol. The van der Waals surface area contributed by atoms with Gasteiger partial charge >= 0.3 is 0 Å². The Morgan fingerprint density at radius 1 is 1.10 bits per heavy atom. The van der Waals surface area contributed by atoms with Gasteiger partial charge in [0.25, 0.3) is 0 Å². The summed E-state index contributed by atoms with van der Waals surface area (Å²) >= 11 is 3.20. The molecule has 5 heteroatoms.